The van der Waals surface area contributed by atoms with E-state index in [1.165, 1.54) is 0 Å². The molecule has 0 spiro atoms. The maximum atomic E-state index is 9.69. The summed E-state index contributed by atoms with van der Waals surface area (Å²) in [5.74, 6) is 2.31. The van der Waals surface area contributed by atoms with Crippen LogP contribution in [0.3, 0.4) is 0 Å². The van der Waals surface area contributed by atoms with Gasteiger partial charge in [0, 0.05) is 0 Å². The fraction of sp³-hybridized carbons (Fsp3) is 0.438. The lowest BCUT2D eigenvalue weighted by Crippen LogP contribution is -2.27. The van der Waals surface area contributed by atoms with Crippen molar-refractivity contribution in [1.29, 1.82) is 0 Å². The van der Waals surface area contributed by atoms with Gasteiger partial charge in [0.25, 0.3) is 0 Å². The highest BCUT2D eigenvalue weighted by atomic mass is 16.5. The van der Waals surface area contributed by atoms with Crippen molar-refractivity contribution in [1.82, 2.24) is 9.88 Å². The van der Waals surface area contributed by atoms with Crippen LogP contribution in [0.4, 0.5) is 0 Å². The molecule has 2 rings (SSSR count). The maximum Gasteiger partial charge on any atom is 0.208 e. The maximum absolute atomic E-state index is 9.69. The van der Waals surface area contributed by atoms with Crippen LogP contribution in [0.1, 0.15) is 29.0 Å². The first-order valence-corrected chi connectivity index (χ1v) is 6.93. The standard InChI is InChI=1S/C16H22N2O3/c1-11-12(2)21-16(17-11)9-18(3)15(10-19)13-5-7-14(20-4)8-6-13/h5-8,15,19H,9-10H2,1-4H3/t15-/m1/s1. The number of oxazole rings is 1. The summed E-state index contributed by atoms with van der Waals surface area (Å²) in [6.45, 7) is 4.40. The van der Waals surface area contributed by atoms with E-state index < -0.39 is 0 Å². The van der Waals surface area contributed by atoms with E-state index in [0.717, 1.165) is 22.8 Å². The van der Waals surface area contributed by atoms with Gasteiger partial charge in [-0.3, -0.25) is 4.90 Å². The van der Waals surface area contributed by atoms with Crippen LogP contribution < -0.4 is 4.74 Å². The molecule has 0 amide bonds. The minimum Gasteiger partial charge on any atom is -0.497 e. The fourth-order valence-corrected chi connectivity index (χ4v) is 2.26. The number of likely N-dealkylation sites (N-methyl/N-ethyl adjacent to an activating group) is 1. The van der Waals surface area contributed by atoms with Crippen molar-refractivity contribution in [3.8, 4) is 5.75 Å². The molecule has 1 atom stereocenters. The number of hydrogen-bond donors (Lipinski definition) is 1. The molecule has 0 saturated heterocycles. The Morgan fingerprint density at radius 3 is 2.43 bits per heavy atom. The Morgan fingerprint density at radius 1 is 1.29 bits per heavy atom. The number of aryl methyl sites for hydroxylation is 2. The fourth-order valence-electron chi connectivity index (χ4n) is 2.26. The third kappa shape index (κ3) is 3.62. The molecular formula is C16H22N2O3. The molecule has 1 aromatic heterocycles. The van der Waals surface area contributed by atoms with Crippen molar-refractivity contribution in [2.75, 3.05) is 20.8 Å². The number of hydrogen-bond acceptors (Lipinski definition) is 5. The van der Waals surface area contributed by atoms with Crippen LogP contribution in [0.15, 0.2) is 28.7 Å². The van der Waals surface area contributed by atoms with Gasteiger partial charge in [0.1, 0.15) is 11.5 Å². The summed E-state index contributed by atoms with van der Waals surface area (Å²) < 4.78 is 10.8. The van der Waals surface area contributed by atoms with E-state index in [1.807, 2.05) is 50.1 Å². The van der Waals surface area contributed by atoms with E-state index in [4.69, 9.17) is 9.15 Å². The number of ether oxygens (including phenoxy) is 1. The average molecular weight is 290 g/mol. The molecule has 0 aliphatic carbocycles. The second kappa shape index (κ2) is 6.74. The van der Waals surface area contributed by atoms with Crippen LogP contribution in [0.5, 0.6) is 5.75 Å². The highest BCUT2D eigenvalue weighted by molar-refractivity contribution is 5.29. The molecule has 0 aliphatic rings. The van der Waals surface area contributed by atoms with Gasteiger partial charge in [-0.2, -0.15) is 0 Å². The van der Waals surface area contributed by atoms with Gasteiger partial charge in [-0.25, -0.2) is 4.98 Å². The summed E-state index contributed by atoms with van der Waals surface area (Å²) >= 11 is 0. The van der Waals surface area contributed by atoms with Crippen molar-refractivity contribution in [2.45, 2.75) is 26.4 Å². The molecule has 0 bridgehead atoms. The minimum atomic E-state index is -0.108. The van der Waals surface area contributed by atoms with Gasteiger partial charge in [-0.1, -0.05) is 12.1 Å². The highest BCUT2D eigenvalue weighted by Crippen LogP contribution is 2.23. The van der Waals surface area contributed by atoms with E-state index in [2.05, 4.69) is 4.98 Å². The second-order valence-electron chi connectivity index (χ2n) is 5.14. The number of nitrogens with zero attached hydrogens (tertiary/aromatic N) is 2. The van der Waals surface area contributed by atoms with Crippen LogP contribution in [-0.4, -0.2) is 35.8 Å². The van der Waals surface area contributed by atoms with Crippen molar-refractivity contribution < 1.29 is 14.3 Å². The van der Waals surface area contributed by atoms with Gasteiger partial charge in [-0.15, -0.1) is 0 Å². The smallest absolute Gasteiger partial charge is 0.208 e. The summed E-state index contributed by atoms with van der Waals surface area (Å²) in [6, 6.07) is 7.60. The molecule has 0 saturated carbocycles. The number of aliphatic hydroxyl groups is 1. The number of methoxy groups -OCH3 is 1. The zero-order chi connectivity index (χ0) is 15.4. The lowest BCUT2D eigenvalue weighted by atomic mass is 10.1. The number of aliphatic hydroxyl groups excluding tert-OH is 1. The Hall–Kier alpha value is -1.85. The molecule has 1 aromatic carbocycles. The molecule has 114 valence electrons. The molecule has 0 fully saturated rings. The molecule has 2 aromatic rings. The molecule has 5 heteroatoms. The van der Waals surface area contributed by atoms with E-state index in [1.54, 1.807) is 7.11 Å². The van der Waals surface area contributed by atoms with Gasteiger partial charge < -0.3 is 14.3 Å². The van der Waals surface area contributed by atoms with Gasteiger partial charge in [-0.05, 0) is 38.6 Å². The third-order valence-corrected chi connectivity index (χ3v) is 3.66. The zero-order valence-corrected chi connectivity index (χ0v) is 13.0. The summed E-state index contributed by atoms with van der Waals surface area (Å²) in [5, 5.41) is 9.69. The van der Waals surface area contributed by atoms with Crippen LogP contribution in [-0.2, 0) is 6.54 Å². The Kier molecular flexibility index (Phi) is 4.98. The molecule has 1 N–H and O–H groups in total. The number of benzene rings is 1. The average Bonchev–Trinajstić information content (AvgIpc) is 2.78. The van der Waals surface area contributed by atoms with Crippen LogP contribution in [0.25, 0.3) is 0 Å². The summed E-state index contributed by atoms with van der Waals surface area (Å²) in [6.07, 6.45) is 0. The van der Waals surface area contributed by atoms with E-state index in [0.29, 0.717) is 12.4 Å². The first-order chi connectivity index (χ1) is 10.0. The lowest BCUT2D eigenvalue weighted by Gasteiger charge is -2.25. The van der Waals surface area contributed by atoms with Crippen molar-refractivity contribution in [2.24, 2.45) is 0 Å². The molecule has 0 unspecified atom stereocenters. The first kappa shape index (κ1) is 15.5. The molecule has 21 heavy (non-hydrogen) atoms. The highest BCUT2D eigenvalue weighted by Gasteiger charge is 2.18. The Morgan fingerprint density at radius 2 is 1.95 bits per heavy atom. The first-order valence-electron chi connectivity index (χ1n) is 6.93. The Balaban J connectivity index is 2.11. The number of rotatable bonds is 6. The van der Waals surface area contributed by atoms with Gasteiger partial charge >= 0.3 is 0 Å². The summed E-state index contributed by atoms with van der Waals surface area (Å²) in [4.78, 5) is 6.40. The summed E-state index contributed by atoms with van der Waals surface area (Å²) in [7, 11) is 3.58. The predicted octanol–water partition coefficient (Wildman–Crippen LogP) is 2.47. The van der Waals surface area contributed by atoms with Gasteiger partial charge in [0.2, 0.25) is 5.89 Å². The minimum absolute atomic E-state index is 0.0293. The van der Waals surface area contributed by atoms with E-state index >= 15 is 0 Å². The normalized spacial score (nSPS) is 12.7. The van der Waals surface area contributed by atoms with Crippen molar-refractivity contribution >= 4 is 0 Å². The topological polar surface area (TPSA) is 58.7 Å². The largest absolute Gasteiger partial charge is 0.497 e. The Labute approximate surface area is 125 Å². The predicted molar refractivity (Wildman–Crippen MR) is 80.3 cm³/mol. The molecule has 1 heterocycles. The van der Waals surface area contributed by atoms with Gasteiger partial charge in [0.15, 0.2) is 0 Å². The van der Waals surface area contributed by atoms with Crippen molar-refractivity contribution in [3.05, 3.63) is 47.2 Å². The Bertz CT molecular complexity index is 558. The quantitative estimate of drug-likeness (QED) is 0.885. The SMILES string of the molecule is COc1ccc([C@@H](CO)N(C)Cc2nc(C)c(C)o2)cc1. The lowest BCUT2D eigenvalue weighted by molar-refractivity contribution is 0.133. The monoisotopic (exact) mass is 290 g/mol. The van der Waals surface area contributed by atoms with Crippen LogP contribution in [0, 0.1) is 13.8 Å². The third-order valence-electron chi connectivity index (χ3n) is 3.66. The van der Waals surface area contributed by atoms with Gasteiger partial charge in [0.05, 0.1) is 32.0 Å². The van der Waals surface area contributed by atoms with E-state index in [-0.39, 0.29) is 12.6 Å². The molecule has 5 nitrogen and oxygen atoms in total. The molecular weight excluding hydrogens is 268 g/mol. The van der Waals surface area contributed by atoms with Crippen molar-refractivity contribution in [3.63, 3.8) is 0 Å². The molecule has 0 aliphatic heterocycles. The molecule has 0 radical (unpaired) electrons. The van der Waals surface area contributed by atoms with Crippen LogP contribution in [0.2, 0.25) is 0 Å². The zero-order valence-electron chi connectivity index (χ0n) is 13.0. The van der Waals surface area contributed by atoms with Crippen LogP contribution >= 0.6 is 0 Å². The number of aromatic nitrogens is 1. The second-order valence-corrected chi connectivity index (χ2v) is 5.14. The van der Waals surface area contributed by atoms with E-state index in [9.17, 15) is 5.11 Å². The summed E-state index contributed by atoms with van der Waals surface area (Å²) in [5.41, 5.74) is 1.93.